The molecule has 2 amide bonds. The van der Waals surface area contributed by atoms with Gasteiger partial charge in [0.1, 0.15) is 0 Å². The summed E-state index contributed by atoms with van der Waals surface area (Å²) in [6.07, 6.45) is 4.65. The first-order valence-corrected chi connectivity index (χ1v) is 9.73. The highest BCUT2D eigenvalue weighted by Crippen LogP contribution is 2.20. The highest BCUT2D eigenvalue weighted by Gasteiger charge is 2.15. The molecule has 0 heterocycles. The second-order valence-electron chi connectivity index (χ2n) is 5.43. The quantitative estimate of drug-likeness (QED) is 0.486. The van der Waals surface area contributed by atoms with Gasteiger partial charge in [-0.05, 0) is 74.4 Å². The van der Waals surface area contributed by atoms with E-state index in [2.05, 4.69) is 41.8 Å². The minimum absolute atomic E-state index is 0.233. The summed E-state index contributed by atoms with van der Waals surface area (Å²) in [5.74, 6) is -0.814. The number of carbonyl (C=O) groups is 2. The zero-order valence-electron chi connectivity index (χ0n) is 13.7. The molecule has 2 aromatic carbocycles. The van der Waals surface area contributed by atoms with Crippen molar-refractivity contribution in [1.29, 1.82) is 0 Å². The average molecular weight is 507 g/mol. The topological polar surface area (TPSA) is 58.9 Å². The molecule has 134 valence electrons. The molecule has 4 nitrogen and oxygen atoms in total. The Bertz CT molecular complexity index is 1060. The molecule has 0 N–H and O–H groups in total. The zero-order chi connectivity index (χ0) is 19.4. The van der Waals surface area contributed by atoms with Gasteiger partial charge in [-0.1, -0.05) is 35.9 Å². The fourth-order valence-corrected chi connectivity index (χ4v) is 3.40. The Hall–Kier alpha value is -2.15. The first-order valence-electron chi connectivity index (χ1n) is 7.76. The molecule has 0 saturated carbocycles. The van der Waals surface area contributed by atoms with E-state index in [0.29, 0.717) is 31.5 Å². The number of nitrogens with zero attached hydrogens (tertiary/aromatic N) is 2. The van der Waals surface area contributed by atoms with Gasteiger partial charge in [-0.2, -0.15) is 0 Å². The number of allylic oxidation sites excluding steroid dienone is 4. The highest BCUT2D eigenvalue weighted by atomic mass is 79.9. The van der Waals surface area contributed by atoms with E-state index < -0.39 is 11.8 Å². The van der Waals surface area contributed by atoms with Crippen LogP contribution in [0.4, 0.5) is 0 Å². The lowest BCUT2D eigenvalue weighted by Crippen LogP contribution is -2.09. The van der Waals surface area contributed by atoms with Gasteiger partial charge in [-0.25, -0.2) is 9.98 Å². The van der Waals surface area contributed by atoms with Crippen LogP contribution in [0.2, 0.25) is 0 Å². The molecule has 0 atom stereocenters. The lowest BCUT2D eigenvalue weighted by atomic mass is 10.1. The molecule has 0 bridgehead atoms. The summed E-state index contributed by atoms with van der Waals surface area (Å²) >= 11 is 12.9. The van der Waals surface area contributed by atoms with Gasteiger partial charge in [0.05, 0.1) is 27.6 Å². The van der Waals surface area contributed by atoms with Gasteiger partial charge in [0.15, 0.2) is 0 Å². The zero-order valence-corrected chi connectivity index (χ0v) is 17.6. The molecular weight excluding hydrogens is 495 g/mol. The summed E-state index contributed by atoms with van der Waals surface area (Å²) in [7, 11) is 0. The molecule has 0 aliphatic heterocycles. The molecule has 1 aliphatic carbocycles. The van der Waals surface area contributed by atoms with E-state index in [-0.39, 0.29) is 5.03 Å². The Labute approximate surface area is 177 Å². The fourth-order valence-electron chi connectivity index (χ4n) is 2.27. The van der Waals surface area contributed by atoms with Crippen molar-refractivity contribution >= 4 is 66.7 Å². The maximum Gasteiger partial charge on any atom is 0.278 e. The van der Waals surface area contributed by atoms with Crippen molar-refractivity contribution < 1.29 is 9.59 Å². The van der Waals surface area contributed by atoms with Crippen LogP contribution in [-0.2, 0) is 0 Å². The summed E-state index contributed by atoms with van der Waals surface area (Å²) in [5.41, 5.74) is 1.58. The number of halogens is 3. The van der Waals surface area contributed by atoms with E-state index in [0.717, 1.165) is 0 Å². The average Bonchev–Trinajstić information content (AvgIpc) is 2.64. The largest absolute Gasteiger partial charge is 0.278 e. The minimum atomic E-state index is -0.418. The van der Waals surface area contributed by atoms with Gasteiger partial charge in [-0.3, -0.25) is 9.59 Å². The molecule has 0 spiro atoms. The van der Waals surface area contributed by atoms with Crippen molar-refractivity contribution in [2.45, 2.75) is 0 Å². The molecule has 0 fully saturated rings. The number of amides is 2. The molecule has 0 radical (unpaired) electrons. The van der Waals surface area contributed by atoms with Gasteiger partial charge in [-0.15, -0.1) is 0 Å². The summed E-state index contributed by atoms with van der Waals surface area (Å²) in [6.45, 7) is 0. The number of aliphatic imine (C=N–C) groups is 2. The molecule has 1 aliphatic rings. The Balaban J connectivity index is 1.83. The van der Waals surface area contributed by atoms with Gasteiger partial charge in [0.2, 0.25) is 0 Å². The monoisotopic (exact) mass is 504 g/mol. The number of benzene rings is 2. The first kappa shape index (κ1) is 19.6. The summed E-state index contributed by atoms with van der Waals surface area (Å²) < 4.78 is 1.32. The first-order chi connectivity index (χ1) is 13.0. The van der Waals surface area contributed by atoms with E-state index >= 15 is 0 Å². The third-order valence-electron chi connectivity index (χ3n) is 3.59. The SMILES string of the molecule is O=C(N=C1C=CC(=NC(=O)c2ccccc2Br)C(Cl)=C1)c1ccccc1Br. The van der Waals surface area contributed by atoms with Gasteiger partial charge < -0.3 is 0 Å². The van der Waals surface area contributed by atoms with Crippen molar-refractivity contribution in [2.24, 2.45) is 9.98 Å². The third kappa shape index (κ3) is 4.77. The van der Waals surface area contributed by atoms with Crippen LogP contribution >= 0.6 is 43.5 Å². The Morgan fingerprint density at radius 3 is 1.81 bits per heavy atom. The summed E-state index contributed by atoms with van der Waals surface area (Å²) in [4.78, 5) is 32.7. The van der Waals surface area contributed by atoms with E-state index in [4.69, 9.17) is 11.6 Å². The van der Waals surface area contributed by atoms with Crippen molar-refractivity contribution in [3.8, 4) is 0 Å². The molecule has 0 saturated heterocycles. The van der Waals surface area contributed by atoms with Gasteiger partial charge >= 0.3 is 0 Å². The van der Waals surface area contributed by atoms with Crippen molar-refractivity contribution in [3.05, 3.63) is 91.9 Å². The van der Waals surface area contributed by atoms with E-state index in [1.165, 1.54) is 6.08 Å². The van der Waals surface area contributed by atoms with Gasteiger partial charge in [0.25, 0.3) is 11.8 Å². The van der Waals surface area contributed by atoms with Crippen LogP contribution in [0.15, 0.2) is 90.7 Å². The standard InChI is InChI=1S/C20H11Br2ClN2O2/c21-15-7-3-1-5-13(15)19(26)24-12-9-10-18(17(23)11-12)25-20(27)14-6-2-4-8-16(14)22/h1-11H. The third-order valence-corrected chi connectivity index (χ3v) is 5.28. The molecule has 2 aromatic rings. The fraction of sp³-hybridized carbons (Fsp3) is 0. The molecule has 0 aromatic heterocycles. The second kappa shape index (κ2) is 8.69. The predicted octanol–water partition coefficient (Wildman–Crippen LogP) is 5.77. The molecular formula is C20H11Br2ClN2O2. The summed E-state index contributed by atoms with van der Waals surface area (Å²) in [6, 6.07) is 14.0. The van der Waals surface area contributed by atoms with Crippen molar-refractivity contribution in [3.63, 3.8) is 0 Å². The van der Waals surface area contributed by atoms with E-state index in [1.54, 1.807) is 48.6 Å². The van der Waals surface area contributed by atoms with Crippen LogP contribution in [0.25, 0.3) is 0 Å². The normalized spacial score (nSPS) is 16.5. The van der Waals surface area contributed by atoms with Crippen molar-refractivity contribution in [2.75, 3.05) is 0 Å². The molecule has 3 rings (SSSR count). The van der Waals surface area contributed by atoms with Crippen LogP contribution in [0.1, 0.15) is 20.7 Å². The minimum Gasteiger partial charge on any atom is -0.267 e. The molecule has 27 heavy (non-hydrogen) atoms. The Morgan fingerprint density at radius 2 is 1.30 bits per heavy atom. The predicted molar refractivity (Wildman–Crippen MR) is 115 cm³/mol. The Kier molecular flexibility index (Phi) is 6.31. The van der Waals surface area contributed by atoms with E-state index in [9.17, 15) is 9.59 Å². The number of rotatable bonds is 2. The van der Waals surface area contributed by atoms with Crippen LogP contribution in [0.5, 0.6) is 0 Å². The maximum absolute atomic E-state index is 12.3. The second-order valence-corrected chi connectivity index (χ2v) is 7.55. The lowest BCUT2D eigenvalue weighted by molar-refractivity contribution is 0.0994. The van der Waals surface area contributed by atoms with Crippen LogP contribution < -0.4 is 0 Å². The number of hydrogen-bond donors (Lipinski definition) is 0. The van der Waals surface area contributed by atoms with Gasteiger partial charge in [0, 0.05) is 8.95 Å². The van der Waals surface area contributed by atoms with Crippen molar-refractivity contribution in [1.82, 2.24) is 0 Å². The smallest absolute Gasteiger partial charge is 0.267 e. The highest BCUT2D eigenvalue weighted by molar-refractivity contribution is 9.10. The van der Waals surface area contributed by atoms with Crippen LogP contribution in [0.3, 0.4) is 0 Å². The lowest BCUT2D eigenvalue weighted by Gasteiger charge is -2.07. The Morgan fingerprint density at radius 1 is 0.778 bits per heavy atom. The molecule has 0 unspecified atom stereocenters. The summed E-state index contributed by atoms with van der Waals surface area (Å²) in [5, 5.41) is 0.233. The number of carbonyl (C=O) groups excluding carboxylic acids is 2. The number of hydrogen-bond acceptors (Lipinski definition) is 2. The van der Waals surface area contributed by atoms with E-state index in [1.807, 2.05) is 12.1 Å². The van der Waals surface area contributed by atoms with Crippen LogP contribution in [0, 0.1) is 0 Å². The molecule has 7 heteroatoms. The maximum atomic E-state index is 12.3. The van der Waals surface area contributed by atoms with Crippen LogP contribution in [-0.4, -0.2) is 23.2 Å².